The van der Waals surface area contributed by atoms with Crippen molar-refractivity contribution in [1.29, 1.82) is 0 Å². The third kappa shape index (κ3) is 2.87. The van der Waals surface area contributed by atoms with E-state index in [0.29, 0.717) is 23.7 Å². The molecular weight excluding hydrogens is 270 g/mol. The van der Waals surface area contributed by atoms with Crippen molar-refractivity contribution in [3.8, 4) is 5.75 Å². The largest absolute Gasteiger partial charge is 0.492 e. The van der Waals surface area contributed by atoms with Gasteiger partial charge in [-0.3, -0.25) is 4.79 Å². The predicted octanol–water partition coefficient (Wildman–Crippen LogP) is 1.07. The molecule has 1 aromatic heterocycles. The van der Waals surface area contributed by atoms with Gasteiger partial charge in [-0.2, -0.15) is 0 Å². The lowest BCUT2D eigenvalue weighted by Crippen LogP contribution is -2.43. The Morgan fingerprint density at radius 1 is 1.48 bits per heavy atom. The number of anilines is 1. The number of ether oxygens (including phenoxy) is 1. The maximum Gasteiger partial charge on any atom is 0.277 e. The summed E-state index contributed by atoms with van der Waals surface area (Å²) in [7, 11) is 0. The van der Waals surface area contributed by atoms with Crippen LogP contribution in [0.2, 0.25) is 0 Å². The Kier molecular flexibility index (Phi) is 3.83. The van der Waals surface area contributed by atoms with Crippen molar-refractivity contribution in [2.75, 3.05) is 25.0 Å². The first kappa shape index (κ1) is 13.6. The third-order valence-electron chi connectivity index (χ3n) is 3.31. The first-order chi connectivity index (χ1) is 10.3. The van der Waals surface area contributed by atoms with Gasteiger partial charge < -0.3 is 15.4 Å². The van der Waals surface area contributed by atoms with Crippen LogP contribution >= 0.6 is 0 Å². The minimum Gasteiger partial charge on any atom is -0.492 e. The minimum absolute atomic E-state index is 0.287. The monoisotopic (exact) mass is 287 g/mol. The lowest BCUT2D eigenvalue weighted by atomic mass is 10.2. The average molecular weight is 287 g/mol. The van der Waals surface area contributed by atoms with Crippen molar-refractivity contribution in [2.45, 2.75) is 13.0 Å². The van der Waals surface area contributed by atoms with E-state index >= 15 is 0 Å². The topological polar surface area (TPSA) is 81.1 Å². The molecule has 0 bridgehead atoms. The van der Waals surface area contributed by atoms with E-state index in [4.69, 9.17) is 4.74 Å². The summed E-state index contributed by atoms with van der Waals surface area (Å²) in [6, 6.07) is 7.60. The molecule has 1 fully saturated rings. The molecule has 1 amide bonds. The summed E-state index contributed by atoms with van der Waals surface area (Å²) in [4.78, 5) is 12.2. The molecule has 21 heavy (non-hydrogen) atoms. The minimum atomic E-state index is -0.291. The van der Waals surface area contributed by atoms with Gasteiger partial charge in [0.15, 0.2) is 5.69 Å². The molecule has 0 spiro atoms. The van der Waals surface area contributed by atoms with Crippen LogP contribution in [0, 0.1) is 0 Å². The molecule has 2 N–H and O–H groups in total. The lowest BCUT2D eigenvalue weighted by Gasteiger charge is -2.26. The quantitative estimate of drug-likeness (QED) is 0.860. The highest BCUT2D eigenvalue weighted by atomic mass is 16.5. The Hall–Kier alpha value is -2.41. The number of nitrogens with zero attached hydrogens (tertiary/aromatic N) is 3. The Labute approximate surface area is 122 Å². The first-order valence-electron chi connectivity index (χ1n) is 6.93. The molecule has 0 saturated carbocycles. The van der Waals surface area contributed by atoms with Crippen LogP contribution in [-0.4, -0.2) is 40.6 Å². The molecule has 0 radical (unpaired) electrons. The second kappa shape index (κ2) is 5.92. The number of para-hydroxylation sites is 2. The number of rotatable bonds is 5. The van der Waals surface area contributed by atoms with E-state index in [2.05, 4.69) is 20.9 Å². The zero-order valence-electron chi connectivity index (χ0n) is 11.7. The van der Waals surface area contributed by atoms with E-state index in [1.807, 2.05) is 25.1 Å². The number of amides is 1. The molecule has 0 aliphatic carbocycles. The van der Waals surface area contributed by atoms with Crippen molar-refractivity contribution in [3.63, 3.8) is 0 Å². The average Bonchev–Trinajstić information content (AvgIpc) is 2.89. The van der Waals surface area contributed by atoms with Crippen LogP contribution < -0.4 is 15.4 Å². The molecule has 1 saturated heterocycles. The molecule has 1 aromatic carbocycles. The molecule has 7 heteroatoms. The van der Waals surface area contributed by atoms with Gasteiger partial charge in [0.25, 0.3) is 5.91 Å². The zero-order valence-corrected chi connectivity index (χ0v) is 11.7. The Morgan fingerprint density at radius 3 is 3.00 bits per heavy atom. The summed E-state index contributed by atoms with van der Waals surface area (Å²) >= 11 is 0. The third-order valence-corrected chi connectivity index (χ3v) is 3.31. The van der Waals surface area contributed by atoms with Crippen molar-refractivity contribution in [3.05, 3.63) is 36.2 Å². The molecule has 0 atom stereocenters. The standard InChI is InChI=1S/C14H17N5O2/c1-2-21-13-6-4-3-5-11(13)16-14(20)12-9-19(18-17-12)10-7-15-8-10/h3-6,9-10,15H,2,7-8H2,1H3,(H,16,20). The van der Waals surface area contributed by atoms with Crippen molar-refractivity contribution in [1.82, 2.24) is 20.3 Å². The van der Waals surface area contributed by atoms with Crippen LogP contribution in [0.15, 0.2) is 30.5 Å². The van der Waals surface area contributed by atoms with Gasteiger partial charge in [0.2, 0.25) is 0 Å². The maximum atomic E-state index is 12.2. The van der Waals surface area contributed by atoms with Crippen LogP contribution in [-0.2, 0) is 0 Å². The smallest absolute Gasteiger partial charge is 0.277 e. The molecule has 2 heterocycles. The van der Waals surface area contributed by atoms with Gasteiger partial charge in [0, 0.05) is 13.1 Å². The van der Waals surface area contributed by atoms with Crippen LogP contribution in [0.5, 0.6) is 5.75 Å². The second-order valence-electron chi connectivity index (χ2n) is 4.78. The summed E-state index contributed by atoms with van der Waals surface area (Å²) in [5, 5.41) is 13.9. The van der Waals surface area contributed by atoms with E-state index in [1.165, 1.54) is 0 Å². The van der Waals surface area contributed by atoms with Crippen LogP contribution in [0.1, 0.15) is 23.5 Å². The predicted molar refractivity (Wildman–Crippen MR) is 77.5 cm³/mol. The Balaban J connectivity index is 1.72. The van der Waals surface area contributed by atoms with Crippen LogP contribution in [0.3, 0.4) is 0 Å². The van der Waals surface area contributed by atoms with Gasteiger partial charge in [0.05, 0.1) is 24.5 Å². The number of benzene rings is 1. The summed E-state index contributed by atoms with van der Waals surface area (Å²) < 4.78 is 7.20. The highest BCUT2D eigenvalue weighted by molar-refractivity contribution is 6.03. The Morgan fingerprint density at radius 2 is 2.29 bits per heavy atom. The van der Waals surface area contributed by atoms with Crippen molar-refractivity contribution >= 4 is 11.6 Å². The number of hydrogen-bond acceptors (Lipinski definition) is 5. The number of nitrogens with one attached hydrogen (secondary N) is 2. The maximum absolute atomic E-state index is 12.2. The fourth-order valence-electron chi connectivity index (χ4n) is 2.06. The zero-order chi connectivity index (χ0) is 14.7. The molecular formula is C14H17N5O2. The number of carbonyl (C=O) groups is 1. The van der Waals surface area contributed by atoms with Crippen molar-refractivity contribution in [2.24, 2.45) is 0 Å². The molecule has 1 aliphatic rings. The fourth-order valence-corrected chi connectivity index (χ4v) is 2.06. The van der Waals surface area contributed by atoms with Gasteiger partial charge in [-0.1, -0.05) is 17.3 Å². The van der Waals surface area contributed by atoms with E-state index in [1.54, 1.807) is 16.9 Å². The summed E-state index contributed by atoms with van der Waals surface area (Å²) in [6.07, 6.45) is 1.67. The van der Waals surface area contributed by atoms with Gasteiger partial charge in [-0.25, -0.2) is 4.68 Å². The summed E-state index contributed by atoms with van der Waals surface area (Å²) in [5.74, 6) is 0.352. The molecule has 0 unspecified atom stereocenters. The lowest BCUT2D eigenvalue weighted by molar-refractivity contribution is 0.102. The Bertz CT molecular complexity index is 636. The molecule has 3 rings (SSSR count). The SMILES string of the molecule is CCOc1ccccc1NC(=O)c1cn(C2CNC2)nn1. The van der Waals surface area contributed by atoms with Gasteiger partial charge in [-0.15, -0.1) is 5.10 Å². The van der Waals surface area contributed by atoms with Gasteiger partial charge in [-0.05, 0) is 19.1 Å². The van der Waals surface area contributed by atoms with Crippen molar-refractivity contribution < 1.29 is 9.53 Å². The molecule has 2 aromatic rings. The van der Waals surface area contributed by atoms with E-state index in [9.17, 15) is 4.79 Å². The second-order valence-corrected chi connectivity index (χ2v) is 4.78. The molecule has 1 aliphatic heterocycles. The number of hydrogen-bond donors (Lipinski definition) is 2. The summed E-state index contributed by atoms with van der Waals surface area (Å²) in [5.41, 5.74) is 0.928. The van der Waals surface area contributed by atoms with Gasteiger partial charge >= 0.3 is 0 Å². The molecule has 110 valence electrons. The normalized spacial score (nSPS) is 14.5. The number of carbonyl (C=O) groups excluding carboxylic acids is 1. The summed E-state index contributed by atoms with van der Waals surface area (Å²) in [6.45, 7) is 4.16. The highest BCUT2D eigenvalue weighted by Crippen LogP contribution is 2.24. The van der Waals surface area contributed by atoms with E-state index in [-0.39, 0.29) is 11.9 Å². The highest BCUT2D eigenvalue weighted by Gasteiger charge is 2.22. The van der Waals surface area contributed by atoms with Gasteiger partial charge in [0.1, 0.15) is 5.75 Å². The van der Waals surface area contributed by atoms with Crippen LogP contribution in [0.4, 0.5) is 5.69 Å². The fraction of sp³-hybridized carbons (Fsp3) is 0.357. The first-order valence-corrected chi connectivity index (χ1v) is 6.93. The number of aromatic nitrogens is 3. The van der Waals surface area contributed by atoms with E-state index < -0.39 is 0 Å². The van der Waals surface area contributed by atoms with E-state index in [0.717, 1.165) is 13.1 Å². The molecule has 7 nitrogen and oxygen atoms in total. The van der Waals surface area contributed by atoms with Crippen LogP contribution in [0.25, 0.3) is 0 Å².